The van der Waals surface area contributed by atoms with Gasteiger partial charge in [0.2, 0.25) is 0 Å². The van der Waals surface area contributed by atoms with Gasteiger partial charge < -0.3 is 4.74 Å². The van der Waals surface area contributed by atoms with Crippen molar-refractivity contribution in [2.45, 2.75) is 24.5 Å². The Labute approximate surface area is 116 Å². The summed E-state index contributed by atoms with van der Waals surface area (Å²) in [7, 11) is 0. The fourth-order valence-electron chi connectivity index (χ4n) is 1.45. The van der Waals surface area contributed by atoms with Gasteiger partial charge in [0.15, 0.2) is 5.78 Å². The first-order chi connectivity index (χ1) is 8.74. The molecule has 7 heteroatoms. The number of nitrogens with zero attached hydrogens (tertiary/aromatic N) is 1. The number of ketones is 1. The van der Waals surface area contributed by atoms with E-state index >= 15 is 0 Å². The van der Waals surface area contributed by atoms with Crippen LogP contribution in [-0.4, -0.2) is 17.0 Å². The highest BCUT2D eigenvalue weighted by Crippen LogP contribution is 2.26. The predicted molar refractivity (Wildman–Crippen MR) is 65.2 cm³/mol. The quantitative estimate of drug-likeness (QED) is 0.623. The van der Waals surface area contributed by atoms with E-state index in [1.54, 1.807) is 13.0 Å². The number of Topliss-reactive ketones (excluding diaryl/α,β-unsaturated/α-hetero) is 1. The highest BCUT2D eigenvalue weighted by Gasteiger charge is 2.31. The number of ether oxygens (including phenoxy) is 1. The molecule has 3 nitrogen and oxygen atoms in total. The molecule has 1 aromatic rings. The van der Waals surface area contributed by atoms with E-state index in [0.717, 1.165) is 12.1 Å². The van der Waals surface area contributed by atoms with Crippen LogP contribution in [0.1, 0.15) is 22.8 Å². The predicted octanol–water partition coefficient (Wildman–Crippen LogP) is 3.62. The lowest BCUT2D eigenvalue weighted by molar-refractivity contribution is -0.274. The van der Waals surface area contributed by atoms with Gasteiger partial charge in [0.25, 0.3) is 0 Å². The molecule has 0 fully saturated rings. The number of hydrogen-bond acceptors (Lipinski definition) is 3. The zero-order valence-electron chi connectivity index (χ0n) is 9.79. The molecule has 0 aliphatic heterocycles. The Morgan fingerprint density at radius 2 is 2.16 bits per heavy atom. The molecular weight excluding hydrogens is 327 g/mol. The molecule has 0 spiro atoms. The van der Waals surface area contributed by atoms with Gasteiger partial charge in [-0.25, -0.2) is 0 Å². The molecule has 0 aromatic heterocycles. The van der Waals surface area contributed by atoms with E-state index in [4.69, 9.17) is 5.26 Å². The SMILES string of the molecule is CC(Br)C(=O)c1ccc(OC(F)(F)F)cc1CC#N. The van der Waals surface area contributed by atoms with Crippen LogP contribution in [0.4, 0.5) is 13.2 Å². The van der Waals surface area contributed by atoms with E-state index in [1.165, 1.54) is 6.07 Å². The molecule has 0 heterocycles. The monoisotopic (exact) mass is 335 g/mol. The van der Waals surface area contributed by atoms with Crippen LogP contribution in [0.5, 0.6) is 5.75 Å². The van der Waals surface area contributed by atoms with Crippen molar-refractivity contribution in [3.05, 3.63) is 29.3 Å². The number of benzene rings is 1. The lowest BCUT2D eigenvalue weighted by Gasteiger charge is -2.12. The standard InChI is InChI=1S/C12H9BrF3NO2/c1-7(13)11(18)10-3-2-9(19-12(14,15)16)6-8(10)4-5-17/h2-3,6-7H,4H2,1H3. The molecule has 0 saturated carbocycles. The fourth-order valence-corrected chi connectivity index (χ4v) is 1.70. The summed E-state index contributed by atoms with van der Waals surface area (Å²) >= 11 is 3.09. The second-order valence-electron chi connectivity index (χ2n) is 3.68. The van der Waals surface area contributed by atoms with E-state index in [1.807, 2.05) is 0 Å². The molecule has 1 atom stereocenters. The van der Waals surface area contributed by atoms with Crippen molar-refractivity contribution >= 4 is 21.7 Å². The van der Waals surface area contributed by atoms with Crippen LogP contribution in [0.25, 0.3) is 0 Å². The first-order valence-corrected chi connectivity index (χ1v) is 6.10. The summed E-state index contributed by atoms with van der Waals surface area (Å²) in [4.78, 5) is 11.3. The Morgan fingerprint density at radius 1 is 1.53 bits per heavy atom. The smallest absolute Gasteiger partial charge is 0.406 e. The number of alkyl halides is 4. The van der Waals surface area contributed by atoms with Crippen LogP contribution in [0.3, 0.4) is 0 Å². The molecule has 19 heavy (non-hydrogen) atoms. The number of nitriles is 1. The molecule has 0 aliphatic carbocycles. The molecule has 1 unspecified atom stereocenters. The molecule has 0 saturated heterocycles. The summed E-state index contributed by atoms with van der Waals surface area (Å²) in [6.07, 6.45) is -4.98. The van der Waals surface area contributed by atoms with Crippen LogP contribution in [0.15, 0.2) is 18.2 Å². The van der Waals surface area contributed by atoms with Gasteiger partial charge >= 0.3 is 6.36 Å². The summed E-state index contributed by atoms with van der Waals surface area (Å²) < 4.78 is 40.0. The second-order valence-corrected chi connectivity index (χ2v) is 5.06. The molecule has 0 N–H and O–H groups in total. The Balaban J connectivity index is 3.15. The minimum atomic E-state index is -4.81. The lowest BCUT2D eigenvalue weighted by atomic mass is 10.00. The number of halogens is 4. The first kappa shape index (κ1) is 15.5. The van der Waals surface area contributed by atoms with Crippen molar-refractivity contribution in [3.8, 4) is 11.8 Å². The fraction of sp³-hybridized carbons (Fsp3) is 0.333. The third kappa shape index (κ3) is 4.56. The van der Waals surface area contributed by atoms with Crippen LogP contribution in [0.2, 0.25) is 0 Å². The van der Waals surface area contributed by atoms with Crippen molar-refractivity contribution in [2.24, 2.45) is 0 Å². The second kappa shape index (κ2) is 6.06. The minimum absolute atomic E-state index is 0.171. The molecule has 102 valence electrons. The maximum absolute atomic E-state index is 12.1. The number of carbonyl (C=O) groups is 1. The number of rotatable bonds is 4. The van der Waals surface area contributed by atoms with E-state index in [-0.39, 0.29) is 23.3 Å². The average Bonchev–Trinajstić information content (AvgIpc) is 2.26. The van der Waals surface area contributed by atoms with Crippen LogP contribution in [0, 0.1) is 11.3 Å². The Kier molecular flexibility index (Phi) is 4.95. The molecule has 1 aromatic carbocycles. The van der Waals surface area contributed by atoms with Gasteiger partial charge in [-0.2, -0.15) is 5.26 Å². The Morgan fingerprint density at radius 3 is 2.63 bits per heavy atom. The van der Waals surface area contributed by atoms with E-state index in [9.17, 15) is 18.0 Å². The Hall–Kier alpha value is -1.55. The van der Waals surface area contributed by atoms with Gasteiger partial charge in [0.05, 0.1) is 17.3 Å². The van der Waals surface area contributed by atoms with E-state index in [2.05, 4.69) is 20.7 Å². The summed E-state index contributed by atoms with van der Waals surface area (Å²) in [6.45, 7) is 1.60. The van der Waals surface area contributed by atoms with Crippen LogP contribution < -0.4 is 4.74 Å². The molecule has 0 amide bonds. The van der Waals surface area contributed by atoms with Gasteiger partial charge in [0.1, 0.15) is 5.75 Å². The maximum Gasteiger partial charge on any atom is 0.573 e. The van der Waals surface area contributed by atoms with E-state index < -0.39 is 16.9 Å². The molecular formula is C12H9BrF3NO2. The van der Waals surface area contributed by atoms with Crippen molar-refractivity contribution in [1.82, 2.24) is 0 Å². The maximum atomic E-state index is 12.1. The zero-order chi connectivity index (χ0) is 14.6. The first-order valence-electron chi connectivity index (χ1n) is 5.18. The summed E-state index contributed by atoms with van der Waals surface area (Å²) in [5.74, 6) is -0.750. The van der Waals surface area contributed by atoms with Gasteiger partial charge in [0, 0.05) is 5.56 Å². The summed E-state index contributed by atoms with van der Waals surface area (Å²) in [5.41, 5.74) is 0.418. The summed E-state index contributed by atoms with van der Waals surface area (Å²) in [6, 6.07) is 5.14. The third-order valence-corrected chi connectivity index (χ3v) is 2.62. The van der Waals surface area contributed by atoms with Crippen molar-refractivity contribution in [3.63, 3.8) is 0 Å². The third-order valence-electron chi connectivity index (χ3n) is 2.21. The normalized spacial score (nSPS) is 12.6. The van der Waals surface area contributed by atoms with Gasteiger partial charge in [-0.3, -0.25) is 4.79 Å². The lowest BCUT2D eigenvalue weighted by Crippen LogP contribution is -2.18. The van der Waals surface area contributed by atoms with Crippen molar-refractivity contribution in [1.29, 1.82) is 5.26 Å². The van der Waals surface area contributed by atoms with Crippen molar-refractivity contribution < 1.29 is 22.7 Å². The van der Waals surface area contributed by atoms with Gasteiger partial charge in [-0.15, -0.1) is 13.2 Å². The van der Waals surface area contributed by atoms with E-state index in [0.29, 0.717) is 0 Å². The van der Waals surface area contributed by atoms with Crippen molar-refractivity contribution in [2.75, 3.05) is 0 Å². The van der Waals surface area contributed by atoms with Gasteiger partial charge in [-0.1, -0.05) is 15.9 Å². The summed E-state index contributed by atoms with van der Waals surface area (Å²) in [5, 5.41) is 8.65. The average molecular weight is 336 g/mol. The van der Waals surface area contributed by atoms with Crippen LogP contribution in [-0.2, 0) is 6.42 Å². The molecule has 0 bridgehead atoms. The molecule has 0 radical (unpaired) electrons. The minimum Gasteiger partial charge on any atom is -0.406 e. The molecule has 0 aliphatic rings. The molecule has 1 rings (SSSR count). The zero-order valence-corrected chi connectivity index (χ0v) is 11.4. The Bertz CT molecular complexity index is 521. The number of carbonyl (C=O) groups excluding carboxylic acids is 1. The largest absolute Gasteiger partial charge is 0.573 e. The topological polar surface area (TPSA) is 50.1 Å². The van der Waals surface area contributed by atoms with Gasteiger partial charge in [-0.05, 0) is 30.7 Å². The number of hydrogen-bond donors (Lipinski definition) is 0. The highest BCUT2D eigenvalue weighted by molar-refractivity contribution is 9.10. The van der Waals surface area contributed by atoms with Crippen LogP contribution >= 0.6 is 15.9 Å². The highest BCUT2D eigenvalue weighted by atomic mass is 79.9.